The molecule has 0 radical (unpaired) electrons. The van der Waals surface area contributed by atoms with E-state index in [-0.39, 0.29) is 28.8 Å². The van der Waals surface area contributed by atoms with Crippen LogP contribution in [0.2, 0.25) is 0 Å². The van der Waals surface area contributed by atoms with Crippen LogP contribution < -0.4 is 5.32 Å². The number of rotatable bonds is 6. The van der Waals surface area contributed by atoms with Gasteiger partial charge in [-0.05, 0) is 54.8 Å². The van der Waals surface area contributed by atoms with Gasteiger partial charge in [0.05, 0.1) is 16.3 Å². The number of carbonyl (C=O) groups is 1. The lowest BCUT2D eigenvalue weighted by atomic mass is 10.1. The molecule has 2 aromatic heterocycles. The Balaban J connectivity index is 1.35. The van der Waals surface area contributed by atoms with Gasteiger partial charge in [-0.15, -0.1) is 16.4 Å². The monoisotopic (exact) mass is 458 g/mol. The van der Waals surface area contributed by atoms with Gasteiger partial charge in [-0.25, -0.2) is 9.37 Å². The van der Waals surface area contributed by atoms with Gasteiger partial charge in [-0.2, -0.15) is 0 Å². The van der Waals surface area contributed by atoms with Crippen LogP contribution in [0.3, 0.4) is 0 Å². The van der Waals surface area contributed by atoms with Crippen molar-refractivity contribution in [3.63, 3.8) is 0 Å². The van der Waals surface area contributed by atoms with Crippen LogP contribution in [0, 0.1) is 12.7 Å². The molecular weight excluding hydrogens is 439 g/mol. The zero-order valence-electron chi connectivity index (χ0n) is 17.9. The van der Waals surface area contributed by atoms with Crippen molar-refractivity contribution in [3.05, 3.63) is 94.6 Å². The lowest BCUT2D eigenvalue weighted by Gasteiger charge is -2.12. The topological polar surface area (TPSA) is 80.9 Å². The Labute approximate surface area is 193 Å². The Bertz CT molecular complexity index is 1440. The molecular formula is C25H19FN4O2S. The fourth-order valence-corrected chi connectivity index (χ4v) is 4.37. The van der Waals surface area contributed by atoms with Gasteiger partial charge in [0.15, 0.2) is 5.01 Å². The molecule has 0 aliphatic rings. The van der Waals surface area contributed by atoms with Crippen LogP contribution in [-0.4, -0.2) is 21.0 Å². The maximum atomic E-state index is 13.2. The van der Waals surface area contributed by atoms with Crippen LogP contribution in [0.25, 0.3) is 21.3 Å². The molecule has 0 bridgehead atoms. The number of hydrogen-bond acceptors (Lipinski definition) is 7. The summed E-state index contributed by atoms with van der Waals surface area (Å²) in [4.78, 5) is 17.3. The first-order valence-corrected chi connectivity index (χ1v) is 11.2. The number of carbonyl (C=O) groups excluding carboxylic acids is 1. The fourth-order valence-electron chi connectivity index (χ4n) is 3.43. The number of benzene rings is 3. The summed E-state index contributed by atoms with van der Waals surface area (Å²) in [5.41, 5.74) is 4.74. The van der Waals surface area contributed by atoms with Gasteiger partial charge in [-0.1, -0.05) is 53.1 Å². The number of nitrogens with zero attached hydrogens (tertiary/aromatic N) is 3. The minimum absolute atomic E-state index is 0.0682. The molecule has 1 atom stereocenters. The third kappa shape index (κ3) is 4.38. The lowest BCUT2D eigenvalue weighted by Crippen LogP contribution is -2.06. The molecule has 164 valence electrons. The third-order valence-electron chi connectivity index (χ3n) is 5.30. The van der Waals surface area contributed by atoms with Crippen LogP contribution in [0.5, 0.6) is 0 Å². The number of thiazole rings is 1. The van der Waals surface area contributed by atoms with Crippen molar-refractivity contribution in [1.29, 1.82) is 0 Å². The molecule has 0 fully saturated rings. The zero-order chi connectivity index (χ0) is 22.9. The predicted molar refractivity (Wildman–Crippen MR) is 126 cm³/mol. The Morgan fingerprint density at radius 3 is 2.48 bits per heavy atom. The summed E-state index contributed by atoms with van der Waals surface area (Å²) in [5, 5.41) is 11.2. The van der Waals surface area contributed by atoms with Gasteiger partial charge < -0.3 is 9.73 Å². The third-order valence-corrected chi connectivity index (χ3v) is 6.31. The van der Waals surface area contributed by atoms with E-state index in [9.17, 15) is 9.18 Å². The van der Waals surface area contributed by atoms with Crippen molar-refractivity contribution < 1.29 is 13.6 Å². The van der Waals surface area contributed by atoms with Crippen molar-refractivity contribution in [2.75, 3.05) is 5.32 Å². The zero-order valence-corrected chi connectivity index (χ0v) is 18.7. The second-order valence-electron chi connectivity index (χ2n) is 7.73. The van der Waals surface area contributed by atoms with Crippen molar-refractivity contribution in [3.8, 4) is 11.1 Å². The Morgan fingerprint density at radius 2 is 1.73 bits per heavy atom. The smallest absolute Gasteiger partial charge is 0.316 e. The minimum atomic E-state index is -0.428. The Morgan fingerprint density at radius 1 is 1.00 bits per heavy atom. The van der Waals surface area contributed by atoms with Crippen molar-refractivity contribution in [1.82, 2.24) is 15.2 Å². The van der Waals surface area contributed by atoms with Gasteiger partial charge in [0.2, 0.25) is 0 Å². The second kappa shape index (κ2) is 8.55. The highest BCUT2D eigenvalue weighted by molar-refractivity contribution is 7.20. The number of halogens is 1. The summed E-state index contributed by atoms with van der Waals surface area (Å²) >= 11 is 1.25. The summed E-state index contributed by atoms with van der Waals surface area (Å²) < 4.78 is 19.6. The molecule has 5 rings (SSSR count). The van der Waals surface area contributed by atoms with Crippen LogP contribution in [0.4, 0.5) is 10.4 Å². The summed E-state index contributed by atoms with van der Waals surface area (Å²) in [7, 11) is 0. The highest BCUT2D eigenvalue weighted by atomic mass is 32.1. The molecule has 0 saturated carbocycles. The van der Waals surface area contributed by atoms with Gasteiger partial charge in [-0.3, -0.25) is 4.79 Å². The number of nitrogens with one attached hydrogen (secondary N) is 1. The van der Waals surface area contributed by atoms with E-state index in [1.54, 1.807) is 12.1 Å². The van der Waals surface area contributed by atoms with Crippen molar-refractivity contribution in [2.45, 2.75) is 19.9 Å². The maximum Gasteiger partial charge on any atom is 0.316 e. The van der Waals surface area contributed by atoms with E-state index in [4.69, 9.17) is 4.42 Å². The van der Waals surface area contributed by atoms with Crippen molar-refractivity contribution >= 4 is 33.4 Å². The van der Waals surface area contributed by atoms with Gasteiger partial charge >= 0.3 is 6.01 Å². The predicted octanol–water partition coefficient (Wildman–Crippen LogP) is 6.20. The molecule has 6 nitrogen and oxygen atoms in total. The molecule has 0 aliphatic carbocycles. The number of anilines is 1. The van der Waals surface area contributed by atoms with E-state index < -0.39 is 5.78 Å². The molecule has 0 aliphatic heterocycles. The van der Waals surface area contributed by atoms with Crippen LogP contribution in [0.15, 0.2) is 71.1 Å². The average molecular weight is 459 g/mol. The molecule has 0 amide bonds. The van der Waals surface area contributed by atoms with Gasteiger partial charge in [0, 0.05) is 0 Å². The first-order chi connectivity index (χ1) is 16.0. The normalized spacial score (nSPS) is 12.1. The van der Waals surface area contributed by atoms with E-state index >= 15 is 0 Å². The largest absolute Gasteiger partial charge is 0.400 e. The maximum absolute atomic E-state index is 13.2. The van der Waals surface area contributed by atoms with Gasteiger partial charge in [0.25, 0.3) is 11.7 Å². The highest BCUT2D eigenvalue weighted by Gasteiger charge is 2.22. The van der Waals surface area contributed by atoms with Crippen molar-refractivity contribution in [2.24, 2.45) is 0 Å². The first-order valence-electron chi connectivity index (χ1n) is 10.3. The molecule has 3 aromatic carbocycles. The quantitative estimate of drug-likeness (QED) is 0.305. The van der Waals surface area contributed by atoms with Crippen LogP contribution >= 0.6 is 11.3 Å². The number of ketones is 1. The van der Waals surface area contributed by atoms with Crippen LogP contribution in [0.1, 0.15) is 39.8 Å². The molecule has 5 aromatic rings. The summed E-state index contributed by atoms with van der Waals surface area (Å²) in [5.74, 6) is -0.832. The standard InChI is InChI=1S/C25H19FN4O2S/c1-14-3-5-16(6-4-14)15(2)27-25-30-29-23(32-25)22(31)24-28-20-12-9-18(13-21(20)33-24)17-7-10-19(26)11-8-17/h3-13,15H,1-2H3,(H,27,30)/t15-/m0/s1. The van der Waals surface area contributed by atoms with E-state index in [1.807, 2.05) is 56.3 Å². The Hall–Kier alpha value is -3.91. The molecule has 2 heterocycles. The number of fused-ring (bicyclic) bond motifs is 1. The highest BCUT2D eigenvalue weighted by Crippen LogP contribution is 2.29. The molecule has 8 heteroatoms. The number of hydrogen-bond donors (Lipinski definition) is 1. The van der Waals surface area contributed by atoms with E-state index in [1.165, 1.54) is 29.0 Å². The summed E-state index contributed by atoms with van der Waals surface area (Å²) in [6.07, 6.45) is 0. The average Bonchev–Trinajstić information content (AvgIpc) is 3.46. The van der Waals surface area contributed by atoms with Crippen LogP contribution in [-0.2, 0) is 0 Å². The number of aryl methyl sites for hydroxylation is 1. The molecule has 0 spiro atoms. The lowest BCUT2D eigenvalue weighted by molar-refractivity contribution is 0.100. The molecule has 1 N–H and O–H groups in total. The first kappa shape index (κ1) is 21.0. The second-order valence-corrected chi connectivity index (χ2v) is 8.76. The van der Waals surface area contributed by atoms with E-state index in [0.717, 1.165) is 21.4 Å². The van der Waals surface area contributed by atoms with E-state index in [2.05, 4.69) is 20.5 Å². The summed E-state index contributed by atoms with van der Waals surface area (Å²) in [6.45, 7) is 4.01. The number of aromatic nitrogens is 3. The Kier molecular flexibility index (Phi) is 5.43. The van der Waals surface area contributed by atoms with Gasteiger partial charge in [0.1, 0.15) is 5.82 Å². The van der Waals surface area contributed by atoms with E-state index in [0.29, 0.717) is 5.52 Å². The SMILES string of the molecule is Cc1ccc([C@H](C)Nc2nnc(C(=O)c3nc4ccc(-c5ccc(F)cc5)cc4s3)o2)cc1. The molecule has 0 unspecified atom stereocenters. The summed E-state index contributed by atoms with van der Waals surface area (Å²) in [6, 6.07) is 20.2. The molecule has 0 saturated heterocycles. The fraction of sp³-hybridized carbons (Fsp3) is 0.120. The molecule has 33 heavy (non-hydrogen) atoms. The minimum Gasteiger partial charge on any atom is -0.400 e.